The van der Waals surface area contributed by atoms with Crippen molar-refractivity contribution in [2.45, 2.75) is 24.3 Å². The maximum absolute atomic E-state index is 4.35. The van der Waals surface area contributed by atoms with E-state index in [1.54, 1.807) is 23.1 Å². The highest BCUT2D eigenvalue weighted by Gasteiger charge is 2.12. The number of nitrogens with zero attached hydrogens (tertiary/aromatic N) is 3. The van der Waals surface area contributed by atoms with Crippen LogP contribution in [-0.4, -0.2) is 14.8 Å². The highest BCUT2D eigenvalue weighted by molar-refractivity contribution is 9.10. The van der Waals surface area contributed by atoms with Gasteiger partial charge in [0.15, 0.2) is 11.0 Å². The SMILES string of the molecule is CCc1cc(-c2nnc(SCc3cccc(Br)c3)n2C)cs1. The molecule has 0 fully saturated rings. The third-order valence-corrected chi connectivity index (χ3v) is 6.02. The van der Waals surface area contributed by atoms with Crippen molar-refractivity contribution < 1.29 is 0 Å². The van der Waals surface area contributed by atoms with Crippen molar-refractivity contribution in [1.29, 1.82) is 0 Å². The smallest absolute Gasteiger partial charge is 0.191 e. The fraction of sp³-hybridized carbons (Fsp3) is 0.250. The largest absolute Gasteiger partial charge is 0.305 e. The second-order valence-electron chi connectivity index (χ2n) is 4.94. The van der Waals surface area contributed by atoms with Crippen molar-refractivity contribution in [3.63, 3.8) is 0 Å². The van der Waals surface area contributed by atoms with Crippen LogP contribution in [0.3, 0.4) is 0 Å². The Morgan fingerprint density at radius 1 is 1.27 bits per heavy atom. The number of halogens is 1. The van der Waals surface area contributed by atoms with E-state index in [1.165, 1.54) is 10.4 Å². The molecular weight excluding hydrogens is 378 g/mol. The molecule has 114 valence electrons. The molecule has 0 unspecified atom stereocenters. The normalized spacial score (nSPS) is 11.0. The lowest BCUT2D eigenvalue weighted by molar-refractivity contribution is 0.794. The summed E-state index contributed by atoms with van der Waals surface area (Å²) in [5.41, 5.74) is 2.43. The highest BCUT2D eigenvalue weighted by Crippen LogP contribution is 2.28. The Kier molecular flexibility index (Phi) is 5.00. The Hall–Kier alpha value is -1.11. The van der Waals surface area contributed by atoms with Gasteiger partial charge in [0.1, 0.15) is 0 Å². The lowest BCUT2D eigenvalue weighted by Gasteiger charge is -2.03. The maximum Gasteiger partial charge on any atom is 0.191 e. The summed E-state index contributed by atoms with van der Waals surface area (Å²) in [6.07, 6.45) is 1.06. The molecule has 0 radical (unpaired) electrons. The van der Waals surface area contributed by atoms with E-state index < -0.39 is 0 Å². The zero-order chi connectivity index (χ0) is 15.5. The van der Waals surface area contributed by atoms with Gasteiger partial charge in [-0.2, -0.15) is 0 Å². The molecule has 0 aliphatic rings. The Balaban J connectivity index is 1.76. The van der Waals surface area contributed by atoms with Crippen LogP contribution in [0.25, 0.3) is 11.4 Å². The number of thiophene rings is 1. The molecule has 2 aromatic heterocycles. The van der Waals surface area contributed by atoms with Crippen molar-refractivity contribution in [1.82, 2.24) is 14.8 Å². The maximum atomic E-state index is 4.35. The number of aromatic nitrogens is 3. The van der Waals surface area contributed by atoms with Gasteiger partial charge in [0.25, 0.3) is 0 Å². The fourth-order valence-electron chi connectivity index (χ4n) is 2.15. The van der Waals surface area contributed by atoms with Gasteiger partial charge in [0.2, 0.25) is 0 Å². The Bertz CT molecular complexity index is 779. The minimum atomic E-state index is 0.884. The van der Waals surface area contributed by atoms with Crippen LogP contribution >= 0.6 is 39.0 Å². The second kappa shape index (κ2) is 6.98. The molecule has 0 amide bonds. The molecule has 0 saturated heterocycles. The second-order valence-corrected chi connectivity index (χ2v) is 7.79. The summed E-state index contributed by atoms with van der Waals surface area (Å²) in [6, 6.07) is 10.6. The monoisotopic (exact) mass is 393 g/mol. The van der Waals surface area contributed by atoms with Crippen molar-refractivity contribution in [2.75, 3.05) is 0 Å². The van der Waals surface area contributed by atoms with Gasteiger partial charge in [0, 0.05) is 33.1 Å². The van der Waals surface area contributed by atoms with Gasteiger partial charge >= 0.3 is 0 Å². The van der Waals surface area contributed by atoms with Crippen LogP contribution in [0.4, 0.5) is 0 Å². The topological polar surface area (TPSA) is 30.7 Å². The first-order valence-electron chi connectivity index (χ1n) is 7.01. The highest BCUT2D eigenvalue weighted by atomic mass is 79.9. The third-order valence-electron chi connectivity index (χ3n) is 3.35. The molecule has 3 rings (SSSR count). The van der Waals surface area contributed by atoms with Gasteiger partial charge in [-0.05, 0) is 30.2 Å². The zero-order valence-corrected chi connectivity index (χ0v) is 15.6. The van der Waals surface area contributed by atoms with Gasteiger partial charge in [-0.15, -0.1) is 21.5 Å². The van der Waals surface area contributed by atoms with Gasteiger partial charge < -0.3 is 4.57 Å². The van der Waals surface area contributed by atoms with Crippen molar-refractivity contribution in [3.05, 3.63) is 50.6 Å². The van der Waals surface area contributed by atoms with Crippen LogP contribution in [0.5, 0.6) is 0 Å². The molecule has 0 aliphatic heterocycles. The van der Waals surface area contributed by atoms with Crippen LogP contribution in [0.2, 0.25) is 0 Å². The molecule has 0 saturated carbocycles. The van der Waals surface area contributed by atoms with Crippen molar-refractivity contribution in [3.8, 4) is 11.4 Å². The summed E-state index contributed by atoms with van der Waals surface area (Å²) < 4.78 is 3.18. The van der Waals surface area contributed by atoms with E-state index in [2.05, 4.69) is 67.3 Å². The number of benzene rings is 1. The third kappa shape index (κ3) is 3.45. The summed E-state index contributed by atoms with van der Waals surface area (Å²) in [6.45, 7) is 2.17. The lowest BCUT2D eigenvalue weighted by atomic mass is 10.2. The number of hydrogen-bond donors (Lipinski definition) is 0. The van der Waals surface area contributed by atoms with E-state index in [-0.39, 0.29) is 0 Å². The molecule has 3 aromatic rings. The fourth-order valence-corrected chi connectivity index (χ4v) is 4.26. The van der Waals surface area contributed by atoms with E-state index in [1.807, 2.05) is 13.1 Å². The number of rotatable bonds is 5. The molecule has 6 heteroatoms. The van der Waals surface area contributed by atoms with Gasteiger partial charge in [-0.3, -0.25) is 0 Å². The molecule has 22 heavy (non-hydrogen) atoms. The van der Waals surface area contributed by atoms with Crippen LogP contribution in [-0.2, 0) is 19.2 Å². The van der Waals surface area contributed by atoms with Crippen LogP contribution < -0.4 is 0 Å². The van der Waals surface area contributed by atoms with E-state index in [4.69, 9.17) is 0 Å². The molecule has 0 aliphatic carbocycles. The van der Waals surface area contributed by atoms with Crippen molar-refractivity contribution >= 4 is 39.0 Å². The van der Waals surface area contributed by atoms with E-state index >= 15 is 0 Å². The van der Waals surface area contributed by atoms with Gasteiger partial charge in [-0.25, -0.2) is 0 Å². The molecule has 2 heterocycles. The average Bonchev–Trinajstić information content (AvgIpc) is 3.12. The zero-order valence-electron chi connectivity index (χ0n) is 12.4. The number of aryl methyl sites for hydroxylation is 1. The molecule has 0 spiro atoms. The first-order valence-corrected chi connectivity index (χ1v) is 9.67. The predicted molar refractivity (Wildman–Crippen MR) is 97.4 cm³/mol. The summed E-state index contributed by atoms with van der Waals surface area (Å²) >= 11 is 7.00. The minimum Gasteiger partial charge on any atom is -0.305 e. The summed E-state index contributed by atoms with van der Waals surface area (Å²) in [7, 11) is 2.03. The summed E-state index contributed by atoms with van der Waals surface area (Å²) in [4.78, 5) is 1.38. The molecule has 0 N–H and O–H groups in total. The molecule has 3 nitrogen and oxygen atoms in total. The van der Waals surface area contributed by atoms with Crippen molar-refractivity contribution in [2.24, 2.45) is 7.05 Å². The first kappa shape index (κ1) is 15.8. The molecule has 0 bridgehead atoms. The molecule has 1 aromatic carbocycles. The molecular formula is C16H16BrN3S2. The average molecular weight is 394 g/mol. The first-order chi connectivity index (χ1) is 10.7. The Morgan fingerprint density at radius 3 is 2.86 bits per heavy atom. The van der Waals surface area contributed by atoms with E-state index in [0.29, 0.717) is 0 Å². The van der Waals surface area contributed by atoms with Gasteiger partial charge in [-0.1, -0.05) is 46.7 Å². The predicted octanol–water partition coefficient (Wildman–Crippen LogP) is 5.16. The van der Waals surface area contributed by atoms with Crippen LogP contribution in [0.15, 0.2) is 45.3 Å². The van der Waals surface area contributed by atoms with Crippen LogP contribution in [0, 0.1) is 0 Å². The standard InChI is InChI=1S/C16H16BrN3S2/c1-3-14-8-12(10-21-14)15-18-19-16(20(15)2)22-9-11-5-4-6-13(17)7-11/h4-8,10H,3,9H2,1-2H3. The lowest BCUT2D eigenvalue weighted by Crippen LogP contribution is -1.94. The van der Waals surface area contributed by atoms with E-state index in [0.717, 1.165) is 33.2 Å². The number of hydrogen-bond acceptors (Lipinski definition) is 4. The molecule has 0 atom stereocenters. The summed E-state index contributed by atoms with van der Waals surface area (Å²) in [5.74, 6) is 1.82. The summed E-state index contributed by atoms with van der Waals surface area (Å²) in [5, 5.41) is 11.8. The minimum absolute atomic E-state index is 0.884. The Labute approximate surface area is 146 Å². The van der Waals surface area contributed by atoms with Gasteiger partial charge in [0.05, 0.1) is 0 Å². The van der Waals surface area contributed by atoms with Crippen LogP contribution in [0.1, 0.15) is 17.4 Å². The van der Waals surface area contributed by atoms with E-state index in [9.17, 15) is 0 Å². The Morgan fingerprint density at radius 2 is 2.14 bits per heavy atom. The number of thioether (sulfide) groups is 1. The quantitative estimate of drug-likeness (QED) is 0.560.